The number of aromatic nitrogens is 2. The smallest absolute Gasteiger partial charge is 0.115 e. The highest BCUT2D eigenvalue weighted by Crippen LogP contribution is 2.28. The summed E-state index contributed by atoms with van der Waals surface area (Å²) in [6.45, 7) is 0.634. The molecule has 4 nitrogen and oxygen atoms in total. The third-order valence-corrected chi connectivity index (χ3v) is 3.44. The van der Waals surface area contributed by atoms with Gasteiger partial charge in [0, 0.05) is 18.9 Å². The zero-order valence-corrected chi connectivity index (χ0v) is 12.0. The van der Waals surface area contributed by atoms with E-state index < -0.39 is 0 Å². The number of rotatable bonds is 4. The summed E-state index contributed by atoms with van der Waals surface area (Å²) in [6, 6.07) is 14.6. The van der Waals surface area contributed by atoms with Gasteiger partial charge in [-0.05, 0) is 35.9 Å². The molecule has 3 aromatic rings. The van der Waals surface area contributed by atoms with Crippen molar-refractivity contribution in [3.8, 4) is 11.4 Å². The Morgan fingerprint density at radius 1 is 1.10 bits per heavy atom. The Bertz CT molecular complexity index is 724. The number of halogens is 1. The van der Waals surface area contributed by atoms with Crippen LogP contribution < -0.4 is 5.32 Å². The zero-order chi connectivity index (χ0) is 14.7. The Kier molecular flexibility index (Phi) is 3.79. The maximum atomic E-state index is 9.30. The van der Waals surface area contributed by atoms with E-state index in [2.05, 4.69) is 10.4 Å². The van der Waals surface area contributed by atoms with E-state index in [4.69, 9.17) is 11.6 Å². The van der Waals surface area contributed by atoms with Crippen LogP contribution in [0.5, 0.6) is 5.75 Å². The Morgan fingerprint density at radius 3 is 2.62 bits per heavy atom. The molecule has 0 fully saturated rings. The first-order valence-corrected chi connectivity index (χ1v) is 6.92. The Morgan fingerprint density at radius 2 is 1.90 bits per heavy atom. The van der Waals surface area contributed by atoms with E-state index in [1.54, 1.807) is 23.0 Å². The standard InChI is InChI=1S/C16H14ClN3O/c17-14-3-1-4-15(16(14)20-10-2-9-19-20)18-11-12-5-7-13(21)8-6-12/h1-10,18,21H,11H2. The molecule has 21 heavy (non-hydrogen) atoms. The van der Waals surface area contributed by atoms with Gasteiger partial charge in [-0.1, -0.05) is 29.8 Å². The second kappa shape index (κ2) is 5.89. The number of hydrogen-bond acceptors (Lipinski definition) is 3. The van der Waals surface area contributed by atoms with Gasteiger partial charge in [-0.15, -0.1) is 0 Å². The molecule has 0 saturated carbocycles. The van der Waals surface area contributed by atoms with E-state index in [0.717, 1.165) is 16.9 Å². The number of para-hydroxylation sites is 1. The topological polar surface area (TPSA) is 50.1 Å². The molecule has 0 aliphatic heterocycles. The number of benzene rings is 2. The summed E-state index contributed by atoms with van der Waals surface area (Å²) in [5, 5.41) is 17.5. The number of nitrogens with one attached hydrogen (secondary N) is 1. The fraction of sp³-hybridized carbons (Fsp3) is 0.0625. The van der Waals surface area contributed by atoms with Crippen LogP contribution >= 0.6 is 11.6 Å². The molecule has 0 unspecified atom stereocenters. The van der Waals surface area contributed by atoms with E-state index in [1.165, 1.54) is 0 Å². The van der Waals surface area contributed by atoms with Crippen LogP contribution in [0.1, 0.15) is 5.56 Å². The molecule has 0 amide bonds. The van der Waals surface area contributed by atoms with Crippen molar-refractivity contribution in [1.82, 2.24) is 9.78 Å². The van der Waals surface area contributed by atoms with Crippen LogP contribution in [0.25, 0.3) is 5.69 Å². The van der Waals surface area contributed by atoms with Crippen molar-refractivity contribution in [2.45, 2.75) is 6.54 Å². The lowest BCUT2D eigenvalue weighted by Crippen LogP contribution is -2.05. The molecule has 0 saturated heterocycles. The van der Waals surface area contributed by atoms with Gasteiger partial charge in [-0.2, -0.15) is 5.10 Å². The normalized spacial score (nSPS) is 10.5. The van der Waals surface area contributed by atoms with E-state index in [-0.39, 0.29) is 5.75 Å². The average Bonchev–Trinajstić information content (AvgIpc) is 3.00. The highest BCUT2D eigenvalue weighted by molar-refractivity contribution is 6.33. The third kappa shape index (κ3) is 3.01. The molecule has 0 aliphatic rings. The van der Waals surface area contributed by atoms with E-state index in [9.17, 15) is 5.11 Å². The molecule has 2 aromatic carbocycles. The number of phenolic OH excluding ortho intramolecular Hbond substituents is 1. The van der Waals surface area contributed by atoms with Crippen molar-refractivity contribution in [2.24, 2.45) is 0 Å². The molecule has 0 aliphatic carbocycles. The number of phenols is 1. The predicted octanol–water partition coefficient (Wildman–Crippen LogP) is 3.84. The molecular formula is C16H14ClN3O. The lowest BCUT2D eigenvalue weighted by molar-refractivity contribution is 0.475. The summed E-state index contributed by atoms with van der Waals surface area (Å²) in [5.41, 5.74) is 2.79. The molecular weight excluding hydrogens is 286 g/mol. The van der Waals surface area contributed by atoms with Crippen LogP contribution in [0.2, 0.25) is 5.02 Å². The first-order chi connectivity index (χ1) is 10.2. The molecule has 5 heteroatoms. The van der Waals surface area contributed by atoms with Crippen molar-refractivity contribution in [1.29, 1.82) is 0 Å². The third-order valence-electron chi connectivity index (χ3n) is 3.14. The minimum atomic E-state index is 0.263. The van der Waals surface area contributed by atoms with Crippen LogP contribution in [0.15, 0.2) is 60.9 Å². The van der Waals surface area contributed by atoms with Crippen molar-refractivity contribution in [3.63, 3.8) is 0 Å². The molecule has 1 heterocycles. The molecule has 106 valence electrons. The Balaban J connectivity index is 1.86. The Hall–Kier alpha value is -2.46. The highest BCUT2D eigenvalue weighted by atomic mass is 35.5. The SMILES string of the molecule is Oc1ccc(CNc2cccc(Cl)c2-n2cccn2)cc1. The van der Waals surface area contributed by atoms with Crippen LogP contribution in [-0.2, 0) is 6.54 Å². The Labute approximate surface area is 127 Å². The maximum Gasteiger partial charge on any atom is 0.115 e. The summed E-state index contributed by atoms with van der Waals surface area (Å²) < 4.78 is 1.74. The number of nitrogens with zero attached hydrogens (tertiary/aromatic N) is 2. The summed E-state index contributed by atoms with van der Waals surface area (Å²) >= 11 is 6.29. The van der Waals surface area contributed by atoms with Crippen LogP contribution in [0.3, 0.4) is 0 Å². The molecule has 2 N–H and O–H groups in total. The predicted molar refractivity (Wildman–Crippen MR) is 84.0 cm³/mol. The van der Waals surface area contributed by atoms with Gasteiger partial charge in [0.15, 0.2) is 0 Å². The quantitative estimate of drug-likeness (QED) is 0.769. The van der Waals surface area contributed by atoms with Crippen molar-refractivity contribution in [2.75, 3.05) is 5.32 Å². The average molecular weight is 300 g/mol. The van der Waals surface area contributed by atoms with E-state index in [1.807, 2.05) is 42.6 Å². The van der Waals surface area contributed by atoms with Gasteiger partial charge >= 0.3 is 0 Å². The molecule has 0 radical (unpaired) electrons. The van der Waals surface area contributed by atoms with Gasteiger partial charge in [0.1, 0.15) is 11.4 Å². The van der Waals surface area contributed by atoms with Gasteiger partial charge in [0.05, 0.1) is 10.7 Å². The first-order valence-electron chi connectivity index (χ1n) is 6.54. The van der Waals surface area contributed by atoms with Crippen LogP contribution in [0.4, 0.5) is 5.69 Å². The lowest BCUT2D eigenvalue weighted by atomic mass is 10.2. The lowest BCUT2D eigenvalue weighted by Gasteiger charge is -2.13. The van der Waals surface area contributed by atoms with Crippen LogP contribution in [-0.4, -0.2) is 14.9 Å². The fourth-order valence-corrected chi connectivity index (χ4v) is 2.36. The second-order valence-corrected chi connectivity index (χ2v) is 5.01. The molecule has 3 rings (SSSR count). The minimum absolute atomic E-state index is 0.263. The summed E-state index contributed by atoms with van der Waals surface area (Å²) in [5.74, 6) is 0.263. The van der Waals surface area contributed by atoms with Gasteiger partial charge < -0.3 is 10.4 Å². The largest absolute Gasteiger partial charge is 0.508 e. The monoisotopic (exact) mass is 299 g/mol. The zero-order valence-electron chi connectivity index (χ0n) is 11.2. The minimum Gasteiger partial charge on any atom is -0.508 e. The van der Waals surface area contributed by atoms with Crippen molar-refractivity contribution < 1.29 is 5.11 Å². The molecule has 0 bridgehead atoms. The highest BCUT2D eigenvalue weighted by Gasteiger charge is 2.09. The second-order valence-electron chi connectivity index (χ2n) is 4.61. The van der Waals surface area contributed by atoms with Crippen molar-refractivity contribution in [3.05, 3.63) is 71.5 Å². The molecule has 0 spiro atoms. The summed E-state index contributed by atoms with van der Waals surface area (Å²) in [6.07, 6.45) is 3.57. The van der Waals surface area contributed by atoms with Gasteiger partial charge in [0.25, 0.3) is 0 Å². The maximum absolute atomic E-state index is 9.30. The summed E-state index contributed by atoms with van der Waals surface area (Å²) in [7, 11) is 0. The number of aromatic hydroxyl groups is 1. The van der Waals surface area contributed by atoms with Gasteiger partial charge in [0.2, 0.25) is 0 Å². The van der Waals surface area contributed by atoms with Crippen molar-refractivity contribution >= 4 is 17.3 Å². The number of hydrogen-bond donors (Lipinski definition) is 2. The van der Waals surface area contributed by atoms with E-state index >= 15 is 0 Å². The fourth-order valence-electron chi connectivity index (χ4n) is 2.10. The molecule has 1 aromatic heterocycles. The van der Waals surface area contributed by atoms with Gasteiger partial charge in [-0.3, -0.25) is 0 Å². The summed E-state index contributed by atoms with van der Waals surface area (Å²) in [4.78, 5) is 0. The van der Waals surface area contributed by atoms with Crippen LogP contribution in [0, 0.1) is 0 Å². The molecule has 0 atom stereocenters. The van der Waals surface area contributed by atoms with Gasteiger partial charge in [-0.25, -0.2) is 4.68 Å². The number of anilines is 1. The first kappa shape index (κ1) is 13.5. The van der Waals surface area contributed by atoms with E-state index in [0.29, 0.717) is 11.6 Å².